The highest BCUT2D eigenvalue weighted by molar-refractivity contribution is 5.94. The highest BCUT2D eigenvalue weighted by atomic mass is 19.3. The summed E-state index contributed by atoms with van der Waals surface area (Å²) in [6.45, 7) is 2.82. The van der Waals surface area contributed by atoms with Crippen molar-refractivity contribution >= 4 is 17.9 Å². The number of nitrogens with zero attached hydrogens (tertiary/aromatic N) is 4. The lowest BCUT2D eigenvalue weighted by Gasteiger charge is -2.34. The van der Waals surface area contributed by atoms with Gasteiger partial charge in [-0.3, -0.25) is 9.59 Å². The summed E-state index contributed by atoms with van der Waals surface area (Å²) in [4.78, 5) is 36.4. The summed E-state index contributed by atoms with van der Waals surface area (Å²) in [6.07, 6.45) is -0.161. The van der Waals surface area contributed by atoms with Crippen molar-refractivity contribution in [2.75, 3.05) is 32.8 Å². The Bertz CT molecular complexity index is 1100. The van der Waals surface area contributed by atoms with Gasteiger partial charge in [-0.05, 0) is 36.8 Å². The van der Waals surface area contributed by atoms with E-state index in [-0.39, 0.29) is 41.6 Å². The van der Waals surface area contributed by atoms with Crippen LogP contribution < -0.4 is 14.2 Å². The molecule has 1 aromatic heterocycles. The predicted molar refractivity (Wildman–Crippen MR) is 113 cm³/mol. The van der Waals surface area contributed by atoms with Gasteiger partial charge in [0.2, 0.25) is 5.91 Å². The fraction of sp³-hybridized carbons (Fsp3) is 0.364. The van der Waals surface area contributed by atoms with E-state index in [1.807, 2.05) is 0 Å². The first-order valence-corrected chi connectivity index (χ1v) is 10.5. The van der Waals surface area contributed by atoms with Crippen molar-refractivity contribution in [1.29, 1.82) is 0 Å². The Morgan fingerprint density at radius 2 is 1.88 bits per heavy atom. The van der Waals surface area contributed by atoms with E-state index in [0.29, 0.717) is 31.7 Å². The maximum atomic E-state index is 13.1. The molecule has 0 bridgehead atoms. The molecule has 4 rings (SSSR count). The second kappa shape index (κ2) is 9.59. The minimum absolute atomic E-state index is 0.00191. The van der Waals surface area contributed by atoms with E-state index >= 15 is 0 Å². The molecule has 1 fully saturated rings. The average molecular weight is 476 g/mol. The van der Waals surface area contributed by atoms with E-state index in [9.17, 15) is 23.5 Å². The van der Waals surface area contributed by atoms with Gasteiger partial charge in [0.1, 0.15) is 12.3 Å². The Kier molecular flexibility index (Phi) is 6.59. The summed E-state index contributed by atoms with van der Waals surface area (Å²) in [6, 6.07) is 5.71. The maximum absolute atomic E-state index is 13.1. The number of aliphatic hydroxyl groups excluding tert-OH is 1. The number of halogens is 2. The number of aromatic nitrogens is 2. The molecule has 1 atom stereocenters. The van der Waals surface area contributed by atoms with Gasteiger partial charge in [0.15, 0.2) is 11.5 Å². The number of ether oxygens (including phenoxy) is 3. The molecule has 1 saturated heterocycles. The van der Waals surface area contributed by atoms with Gasteiger partial charge in [0.25, 0.3) is 5.91 Å². The smallest absolute Gasteiger partial charge is 0.461 e. The van der Waals surface area contributed by atoms with Gasteiger partial charge in [-0.25, -0.2) is 4.98 Å². The van der Waals surface area contributed by atoms with Crippen molar-refractivity contribution in [2.45, 2.75) is 19.3 Å². The number of carbonyl (C=O) groups excluding carboxylic acids is 2. The zero-order valence-corrected chi connectivity index (χ0v) is 18.2. The predicted octanol–water partition coefficient (Wildman–Crippen LogP) is 1.56. The van der Waals surface area contributed by atoms with Gasteiger partial charge >= 0.3 is 12.3 Å². The van der Waals surface area contributed by atoms with Crippen molar-refractivity contribution < 1.29 is 37.7 Å². The Morgan fingerprint density at radius 1 is 1.18 bits per heavy atom. The lowest BCUT2D eigenvalue weighted by atomic mass is 10.2. The van der Waals surface area contributed by atoms with Gasteiger partial charge < -0.3 is 29.1 Å². The van der Waals surface area contributed by atoms with Crippen LogP contribution in [0.25, 0.3) is 6.08 Å². The third-order valence-electron chi connectivity index (χ3n) is 5.03. The molecule has 1 aromatic carbocycles. The van der Waals surface area contributed by atoms with Gasteiger partial charge in [-0.1, -0.05) is 6.07 Å². The van der Waals surface area contributed by atoms with Crippen LogP contribution in [0.15, 0.2) is 36.5 Å². The number of carbonyl (C=O) groups is 2. The second-order valence-electron chi connectivity index (χ2n) is 7.71. The van der Waals surface area contributed by atoms with E-state index in [1.54, 1.807) is 16.7 Å². The first-order chi connectivity index (χ1) is 16.2. The number of aliphatic hydroxyl groups is 1. The quantitative estimate of drug-likeness (QED) is 0.625. The summed E-state index contributed by atoms with van der Waals surface area (Å²) >= 11 is 0. The highest BCUT2D eigenvalue weighted by Crippen LogP contribution is 2.41. The number of hydrogen-bond donors (Lipinski definition) is 1. The molecule has 34 heavy (non-hydrogen) atoms. The third-order valence-corrected chi connectivity index (χ3v) is 5.03. The van der Waals surface area contributed by atoms with Crippen molar-refractivity contribution in [1.82, 2.24) is 19.8 Å². The molecule has 3 heterocycles. The lowest BCUT2D eigenvalue weighted by Crippen LogP contribution is -2.50. The van der Waals surface area contributed by atoms with Gasteiger partial charge in [-0.2, -0.15) is 4.98 Å². The van der Waals surface area contributed by atoms with E-state index in [0.717, 1.165) is 0 Å². The van der Waals surface area contributed by atoms with Crippen LogP contribution >= 0.6 is 0 Å². The number of amides is 2. The number of alkyl halides is 2. The topological polar surface area (TPSA) is 114 Å². The molecule has 2 aromatic rings. The number of benzene rings is 1. The highest BCUT2D eigenvalue weighted by Gasteiger charge is 2.43. The summed E-state index contributed by atoms with van der Waals surface area (Å²) in [5.74, 6) is -0.759. The monoisotopic (exact) mass is 476 g/mol. The van der Waals surface area contributed by atoms with Crippen molar-refractivity contribution in [2.24, 2.45) is 0 Å². The van der Waals surface area contributed by atoms with Crippen molar-refractivity contribution in [3.63, 3.8) is 0 Å². The van der Waals surface area contributed by atoms with Crippen molar-refractivity contribution in [3.05, 3.63) is 47.8 Å². The Hall–Kier alpha value is -3.80. The van der Waals surface area contributed by atoms with E-state index in [4.69, 9.17) is 4.74 Å². The molecule has 0 spiro atoms. The average Bonchev–Trinajstić information content (AvgIpc) is 3.14. The summed E-state index contributed by atoms with van der Waals surface area (Å²) in [5, 5.41) is 9.29. The van der Waals surface area contributed by atoms with E-state index < -0.39 is 12.4 Å². The molecular weight excluding hydrogens is 454 g/mol. The van der Waals surface area contributed by atoms with Gasteiger partial charge in [-0.15, -0.1) is 8.78 Å². The molecule has 10 nitrogen and oxygen atoms in total. The SMILES string of the molecule is CC(O)COc1nccc(C(=O)N2CCN(C(=O)/C=C/c3ccc4c(c3)OC(F)(F)O4)CC2)n1. The van der Waals surface area contributed by atoms with Crippen molar-refractivity contribution in [3.8, 4) is 17.5 Å². The standard InChI is InChI=1S/C22H22F2N4O6/c1-14(29)13-32-21-25-7-6-16(26-21)20(31)28-10-8-27(9-11-28)19(30)5-3-15-2-4-17-18(12-15)34-22(23,24)33-17/h2-7,12,14,29H,8-11,13H2,1H3/b5-3+. The minimum Gasteiger partial charge on any atom is -0.461 e. The molecule has 1 unspecified atom stereocenters. The number of hydrogen-bond acceptors (Lipinski definition) is 8. The largest absolute Gasteiger partial charge is 0.586 e. The number of piperazine rings is 1. The molecule has 2 aliphatic rings. The van der Waals surface area contributed by atoms with Crippen LogP contribution in [0.5, 0.6) is 17.5 Å². The number of rotatable bonds is 6. The molecule has 0 aliphatic carbocycles. The first-order valence-electron chi connectivity index (χ1n) is 10.5. The summed E-state index contributed by atoms with van der Waals surface area (Å²) in [5.41, 5.74) is 0.656. The van der Waals surface area contributed by atoms with Crippen LogP contribution in [0.1, 0.15) is 23.0 Å². The molecule has 2 amide bonds. The molecule has 2 aliphatic heterocycles. The third kappa shape index (κ3) is 5.57. The van der Waals surface area contributed by atoms with E-state index in [2.05, 4.69) is 19.4 Å². The Morgan fingerprint density at radius 3 is 2.62 bits per heavy atom. The van der Waals surface area contributed by atoms with Crippen LogP contribution in [-0.4, -0.2) is 81.9 Å². The van der Waals surface area contributed by atoms with E-state index in [1.165, 1.54) is 42.6 Å². The normalized spacial score (nSPS) is 17.6. The zero-order chi connectivity index (χ0) is 24.3. The first kappa shape index (κ1) is 23.4. The van der Waals surface area contributed by atoms with Gasteiger partial charge in [0, 0.05) is 38.5 Å². The fourth-order valence-electron chi connectivity index (χ4n) is 3.36. The van der Waals surface area contributed by atoms with Crippen LogP contribution in [0.2, 0.25) is 0 Å². The zero-order valence-electron chi connectivity index (χ0n) is 18.2. The lowest BCUT2D eigenvalue weighted by molar-refractivity contribution is -0.286. The maximum Gasteiger partial charge on any atom is 0.586 e. The Balaban J connectivity index is 1.30. The number of fused-ring (bicyclic) bond motifs is 1. The summed E-state index contributed by atoms with van der Waals surface area (Å²) < 4.78 is 40.3. The van der Waals surface area contributed by atoms with Crippen LogP contribution in [0.3, 0.4) is 0 Å². The summed E-state index contributed by atoms with van der Waals surface area (Å²) in [7, 11) is 0. The Labute approximate surface area is 193 Å². The van der Waals surface area contributed by atoms with Crippen LogP contribution in [-0.2, 0) is 4.79 Å². The molecule has 180 valence electrons. The second-order valence-corrected chi connectivity index (χ2v) is 7.71. The molecule has 1 N–H and O–H groups in total. The molecule has 12 heteroatoms. The van der Waals surface area contributed by atoms with Crippen LogP contribution in [0.4, 0.5) is 8.78 Å². The molecular formula is C22H22F2N4O6. The van der Waals surface area contributed by atoms with Crippen LogP contribution in [0, 0.1) is 0 Å². The minimum atomic E-state index is -3.70. The fourth-order valence-corrected chi connectivity index (χ4v) is 3.36. The molecule has 0 radical (unpaired) electrons. The molecule has 0 saturated carbocycles. The van der Waals surface area contributed by atoms with Gasteiger partial charge in [0.05, 0.1) is 6.10 Å².